The first-order valence-corrected chi connectivity index (χ1v) is 5.19. The predicted octanol–water partition coefficient (Wildman–Crippen LogP) is 2.50. The highest BCUT2D eigenvalue weighted by molar-refractivity contribution is 7.82. The van der Waals surface area contributed by atoms with Crippen LogP contribution in [0.3, 0.4) is 0 Å². The molecule has 0 aliphatic rings. The van der Waals surface area contributed by atoms with Crippen molar-refractivity contribution in [3.8, 4) is 17.1 Å². The number of nitrogens with zero attached hydrogens (tertiary/aromatic N) is 2. The molecule has 0 saturated carbocycles. The van der Waals surface area contributed by atoms with Crippen LogP contribution in [-0.2, 0) is 0 Å². The standard InChI is InChI=1S/C9H8N2OS2/c1-12-7-5-3-2-4-6(7)8-10-9(13)14-11-8/h2-5H,1H3,(H,10,11,13). The summed E-state index contributed by atoms with van der Waals surface area (Å²) in [6.07, 6.45) is 0. The van der Waals surface area contributed by atoms with E-state index >= 15 is 0 Å². The molecule has 72 valence electrons. The van der Waals surface area contributed by atoms with Gasteiger partial charge in [0.15, 0.2) is 10.2 Å². The second-order valence-corrected chi connectivity index (χ2v) is 4.08. The van der Waals surface area contributed by atoms with Crippen molar-refractivity contribution < 1.29 is 4.74 Å². The predicted molar refractivity (Wildman–Crippen MR) is 59.1 cm³/mol. The van der Waals surface area contributed by atoms with Crippen molar-refractivity contribution in [3.63, 3.8) is 0 Å². The minimum absolute atomic E-state index is 0.658. The van der Waals surface area contributed by atoms with Gasteiger partial charge in [-0.05, 0) is 23.7 Å². The number of methoxy groups -OCH3 is 1. The van der Waals surface area contributed by atoms with E-state index in [2.05, 4.69) is 22.0 Å². The molecule has 1 aromatic carbocycles. The Morgan fingerprint density at radius 3 is 2.79 bits per heavy atom. The normalized spacial score (nSPS) is 10.1. The summed E-state index contributed by atoms with van der Waals surface area (Å²) in [6, 6.07) is 7.65. The van der Waals surface area contributed by atoms with Gasteiger partial charge in [0.05, 0.1) is 12.7 Å². The summed E-state index contributed by atoms with van der Waals surface area (Å²) in [4.78, 5) is 4.18. The van der Waals surface area contributed by atoms with Crippen molar-refractivity contribution in [3.05, 3.63) is 24.3 Å². The van der Waals surface area contributed by atoms with Crippen molar-refractivity contribution in [1.29, 1.82) is 0 Å². The number of para-hydroxylation sites is 1. The highest BCUT2D eigenvalue weighted by atomic mass is 32.2. The van der Waals surface area contributed by atoms with Crippen LogP contribution in [0.1, 0.15) is 0 Å². The summed E-state index contributed by atoms with van der Waals surface area (Å²) in [5.41, 5.74) is 0.895. The molecular weight excluding hydrogens is 216 g/mol. The second kappa shape index (κ2) is 3.98. The Kier molecular flexibility index (Phi) is 2.69. The second-order valence-electron chi connectivity index (χ2n) is 2.60. The Balaban J connectivity index is 2.50. The van der Waals surface area contributed by atoms with Gasteiger partial charge in [-0.1, -0.05) is 12.1 Å². The Bertz CT molecular complexity index is 442. The highest BCUT2D eigenvalue weighted by Gasteiger charge is 2.09. The van der Waals surface area contributed by atoms with Crippen LogP contribution in [-0.4, -0.2) is 16.5 Å². The molecule has 0 bridgehead atoms. The molecule has 14 heavy (non-hydrogen) atoms. The maximum Gasteiger partial charge on any atom is 0.177 e. The van der Waals surface area contributed by atoms with Gasteiger partial charge in [0.25, 0.3) is 0 Å². The topological polar surface area (TPSA) is 35.0 Å². The number of ether oxygens (including phenoxy) is 1. The van der Waals surface area contributed by atoms with Crippen molar-refractivity contribution in [2.24, 2.45) is 0 Å². The summed E-state index contributed by atoms with van der Waals surface area (Å²) < 4.78 is 10.0. The van der Waals surface area contributed by atoms with Crippen LogP contribution in [0.25, 0.3) is 11.4 Å². The van der Waals surface area contributed by atoms with Crippen LogP contribution in [0.15, 0.2) is 28.6 Å². The largest absolute Gasteiger partial charge is 0.496 e. The van der Waals surface area contributed by atoms with Crippen LogP contribution >= 0.6 is 24.2 Å². The highest BCUT2D eigenvalue weighted by Crippen LogP contribution is 2.28. The SMILES string of the molecule is COc1ccccc1-c1nsc(S)n1. The summed E-state index contributed by atoms with van der Waals surface area (Å²) >= 11 is 5.39. The van der Waals surface area contributed by atoms with E-state index in [0.717, 1.165) is 11.3 Å². The molecule has 1 heterocycles. The van der Waals surface area contributed by atoms with Gasteiger partial charge in [-0.3, -0.25) is 0 Å². The lowest BCUT2D eigenvalue weighted by atomic mass is 10.2. The zero-order valence-corrected chi connectivity index (χ0v) is 9.18. The molecule has 0 fully saturated rings. The van der Waals surface area contributed by atoms with Crippen LogP contribution < -0.4 is 4.74 Å². The maximum atomic E-state index is 5.21. The molecule has 0 saturated heterocycles. The maximum absolute atomic E-state index is 5.21. The third-order valence-electron chi connectivity index (χ3n) is 1.76. The monoisotopic (exact) mass is 224 g/mol. The fourth-order valence-electron chi connectivity index (χ4n) is 1.15. The first-order valence-electron chi connectivity index (χ1n) is 3.97. The van der Waals surface area contributed by atoms with Crippen LogP contribution in [0.4, 0.5) is 0 Å². The van der Waals surface area contributed by atoms with Gasteiger partial charge in [0, 0.05) is 0 Å². The summed E-state index contributed by atoms with van der Waals surface area (Å²) in [5.74, 6) is 1.44. The van der Waals surface area contributed by atoms with Crippen molar-refractivity contribution >= 4 is 24.2 Å². The molecule has 0 radical (unpaired) electrons. The summed E-state index contributed by atoms with van der Waals surface area (Å²) in [7, 11) is 1.63. The number of thiol groups is 1. The molecule has 0 amide bonds. The minimum Gasteiger partial charge on any atom is -0.496 e. The van der Waals surface area contributed by atoms with E-state index in [-0.39, 0.29) is 0 Å². The molecule has 0 atom stereocenters. The van der Waals surface area contributed by atoms with Gasteiger partial charge in [-0.25, -0.2) is 4.98 Å². The molecule has 1 aromatic heterocycles. The summed E-state index contributed by atoms with van der Waals surface area (Å²) in [5, 5.41) is 0. The molecule has 2 rings (SSSR count). The number of benzene rings is 1. The first-order chi connectivity index (χ1) is 6.81. The lowest BCUT2D eigenvalue weighted by Gasteiger charge is -2.03. The Labute approximate surface area is 91.3 Å². The number of rotatable bonds is 2. The smallest absolute Gasteiger partial charge is 0.177 e. The number of aromatic nitrogens is 2. The van der Waals surface area contributed by atoms with E-state index in [0.29, 0.717) is 10.2 Å². The van der Waals surface area contributed by atoms with Gasteiger partial charge < -0.3 is 4.74 Å². The molecule has 0 N–H and O–H groups in total. The molecule has 3 nitrogen and oxygen atoms in total. The van der Waals surface area contributed by atoms with Gasteiger partial charge >= 0.3 is 0 Å². The van der Waals surface area contributed by atoms with Crippen molar-refractivity contribution in [1.82, 2.24) is 9.36 Å². The fourth-order valence-corrected chi connectivity index (χ4v) is 1.81. The molecule has 2 aromatic rings. The lowest BCUT2D eigenvalue weighted by Crippen LogP contribution is -1.88. The molecular formula is C9H8N2OS2. The van der Waals surface area contributed by atoms with Crippen LogP contribution in [0, 0.1) is 0 Å². The van der Waals surface area contributed by atoms with Crippen LogP contribution in [0.5, 0.6) is 5.75 Å². The van der Waals surface area contributed by atoms with E-state index in [1.165, 1.54) is 11.5 Å². The first kappa shape index (κ1) is 9.48. The Morgan fingerprint density at radius 1 is 1.36 bits per heavy atom. The third-order valence-corrected chi connectivity index (χ3v) is 2.63. The van der Waals surface area contributed by atoms with Gasteiger partial charge in [0.2, 0.25) is 0 Å². The molecule has 5 heteroatoms. The quantitative estimate of drug-likeness (QED) is 0.796. The molecule has 0 aliphatic carbocycles. The van der Waals surface area contributed by atoms with Gasteiger partial charge in [-0.2, -0.15) is 4.37 Å². The van der Waals surface area contributed by atoms with Crippen molar-refractivity contribution in [2.75, 3.05) is 7.11 Å². The molecule has 0 aliphatic heterocycles. The number of hydrogen-bond acceptors (Lipinski definition) is 5. The lowest BCUT2D eigenvalue weighted by molar-refractivity contribution is 0.416. The van der Waals surface area contributed by atoms with E-state index in [1.807, 2.05) is 24.3 Å². The van der Waals surface area contributed by atoms with Gasteiger partial charge in [-0.15, -0.1) is 12.6 Å². The molecule has 0 unspecified atom stereocenters. The van der Waals surface area contributed by atoms with E-state index in [1.54, 1.807) is 7.11 Å². The summed E-state index contributed by atoms with van der Waals surface area (Å²) in [6.45, 7) is 0. The fraction of sp³-hybridized carbons (Fsp3) is 0.111. The van der Waals surface area contributed by atoms with Gasteiger partial charge in [0.1, 0.15) is 5.75 Å². The zero-order valence-electron chi connectivity index (χ0n) is 7.47. The average Bonchev–Trinajstić information content (AvgIpc) is 2.65. The third kappa shape index (κ3) is 1.73. The van der Waals surface area contributed by atoms with E-state index in [4.69, 9.17) is 4.74 Å². The van der Waals surface area contributed by atoms with Crippen molar-refractivity contribution in [2.45, 2.75) is 4.34 Å². The Morgan fingerprint density at radius 2 is 2.14 bits per heavy atom. The minimum atomic E-state index is 0.658. The number of hydrogen-bond donors (Lipinski definition) is 1. The average molecular weight is 224 g/mol. The zero-order chi connectivity index (χ0) is 9.97. The van der Waals surface area contributed by atoms with E-state index in [9.17, 15) is 0 Å². The Hall–Kier alpha value is -1.07. The van der Waals surface area contributed by atoms with Crippen LogP contribution in [0.2, 0.25) is 0 Å². The molecule has 0 spiro atoms. The van der Waals surface area contributed by atoms with E-state index < -0.39 is 0 Å².